The van der Waals surface area contributed by atoms with Crippen molar-refractivity contribution in [3.05, 3.63) is 11.6 Å². The van der Waals surface area contributed by atoms with E-state index in [1.165, 1.54) is 32.1 Å². The lowest BCUT2D eigenvalue weighted by Crippen LogP contribution is -1.90. The number of hydrogen-bond acceptors (Lipinski definition) is 0. The predicted octanol–water partition coefficient (Wildman–Crippen LogP) is 3.53. The van der Waals surface area contributed by atoms with Crippen LogP contribution in [0.2, 0.25) is 0 Å². The average Bonchev–Trinajstić information content (AvgIpc) is 2.37. The Labute approximate surface area is 64.3 Å². The first-order chi connectivity index (χ1) is 4.86. The molecule has 0 saturated carbocycles. The highest BCUT2D eigenvalue weighted by Gasteiger charge is 2.13. The Hall–Kier alpha value is -0.260. The summed E-state index contributed by atoms with van der Waals surface area (Å²) in [6.07, 6.45) is 9.23. The van der Waals surface area contributed by atoms with Gasteiger partial charge in [-0.3, -0.25) is 0 Å². The summed E-state index contributed by atoms with van der Waals surface area (Å²) in [7, 11) is 0. The van der Waals surface area contributed by atoms with E-state index in [4.69, 9.17) is 0 Å². The molecule has 58 valence electrons. The minimum Gasteiger partial charge on any atom is -0.0850 e. The molecule has 0 heteroatoms. The minimum atomic E-state index is 0.988. The molecule has 10 heavy (non-hydrogen) atoms. The number of allylic oxidation sites excluding steroid dienone is 2. The number of rotatable bonds is 3. The summed E-state index contributed by atoms with van der Waals surface area (Å²) in [5.74, 6) is 0.988. The van der Waals surface area contributed by atoms with Gasteiger partial charge in [0.1, 0.15) is 0 Å². The summed E-state index contributed by atoms with van der Waals surface area (Å²) in [5.41, 5.74) is 1.72. The minimum absolute atomic E-state index is 0.988. The van der Waals surface area contributed by atoms with Gasteiger partial charge in [0.15, 0.2) is 0 Å². The van der Waals surface area contributed by atoms with Crippen LogP contribution in [0.1, 0.15) is 46.0 Å². The van der Waals surface area contributed by atoms with E-state index in [9.17, 15) is 0 Å². The fraction of sp³-hybridized carbons (Fsp3) is 0.800. The fourth-order valence-corrected chi connectivity index (χ4v) is 1.71. The van der Waals surface area contributed by atoms with Gasteiger partial charge in [0.25, 0.3) is 0 Å². The van der Waals surface area contributed by atoms with E-state index in [-0.39, 0.29) is 0 Å². The van der Waals surface area contributed by atoms with E-state index in [0.717, 1.165) is 5.92 Å². The topological polar surface area (TPSA) is 0 Å². The molecular formula is C10H18. The van der Waals surface area contributed by atoms with Crippen LogP contribution in [0.25, 0.3) is 0 Å². The van der Waals surface area contributed by atoms with E-state index >= 15 is 0 Å². The standard InChI is InChI=1S/C10H18/c1-3-5-10-7-6-9(4-2)8-10/h7,9H,3-6,8H2,1-2H3. The van der Waals surface area contributed by atoms with Gasteiger partial charge in [0, 0.05) is 0 Å². The molecule has 1 rings (SSSR count). The van der Waals surface area contributed by atoms with Crippen LogP contribution in [0.4, 0.5) is 0 Å². The second-order valence-electron chi connectivity index (χ2n) is 3.33. The second-order valence-corrected chi connectivity index (χ2v) is 3.33. The molecular weight excluding hydrogens is 120 g/mol. The molecule has 0 amide bonds. The molecule has 0 aliphatic heterocycles. The van der Waals surface area contributed by atoms with Crippen LogP contribution in [0, 0.1) is 5.92 Å². The third kappa shape index (κ3) is 1.86. The van der Waals surface area contributed by atoms with Crippen molar-refractivity contribution in [1.29, 1.82) is 0 Å². The van der Waals surface area contributed by atoms with Crippen LogP contribution in [-0.4, -0.2) is 0 Å². The molecule has 1 aliphatic carbocycles. The zero-order chi connectivity index (χ0) is 7.40. The Morgan fingerprint density at radius 2 is 2.30 bits per heavy atom. The zero-order valence-corrected chi connectivity index (χ0v) is 7.19. The molecule has 0 aromatic heterocycles. The molecule has 0 N–H and O–H groups in total. The smallest absolute Gasteiger partial charge is 0.0289 e. The van der Waals surface area contributed by atoms with Crippen molar-refractivity contribution in [3.8, 4) is 0 Å². The van der Waals surface area contributed by atoms with Crippen molar-refractivity contribution >= 4 is 0 Å². The van der Waals surface area contributed by atoms with Gasteiger partial charge in [-0.05, 0) is 25.2 Å². The van der Waals surface area contributed by atoms with E-state index in [1.807, 2.05) is 0 Å². The monoisotopic (exact) mass is 138 g/mol. The van der Waals surface area contributed by atoms with Gasteiger partial charge in [0.2, 0.25) is 0 Å². The highest BCUT2D eigenvalue weighted by Crippen LogP contribution is 2.29. The van der Waals surface area contributed by atoms with Gasteiger partial charge >= 0.3 is 0 Å². The third-order valence-corrected chi connectivity index (χ3v) is 2.44. The lowest BCUT2D eigenvalue weighted by molar-refractivity contribution is 0.538. The second kappa shape index (κ2) is 3.80. The third-order valence-electron chi connectivity index (χ3n) is 2.44. The molecule has 0 aromatic carbocycles. The van der Waals surface area contributed by atoms with Crippen molar-refractivity contribution in [2.45, 2.75) is 46.0 Å². The molecule has 0 heterocycles. The summed E-state index contributed by atoms with van der Waals surface area (Å²) in [6.45, 7) is 4.56. The van der Waals surface area contributed by atoms with Gasteiger partial charge in [-0.25, -0.2) is 0 Å². The van der Waals surface area contributed by atoms with Crippen LogP contribution in [0.3, 0.4) is 0 Å². The molecule has 0 bridgehead atoms. The van der Waals surface area contributed by atoms with Crippen molar-refractivity contribution < 1.29 is 0 Å². The molecule has 0 spiro atoms. The van der Waals surface area contributed by atoms with Crippen LogP contribution < -0.4 is 0 Å². The Morgan fingerprint density at radius 1 is 1.50 bits per heavy atom. The largest absolute Gasteiger partial charge is 0.0850 e. The fourth-order valence-electron chi connectivity index (χ4n) is 1.71. The van der Waals surface area contributed by atoms with Crippen molar-refractivity contribution in [3.63, 3.8) is 0 Å². The van der Waals surface area contributed by atoms with Gasteiger partial charge in [-0.15, -0.1) is 0 Å². The highest BCUT2D eigenvalue weighted by molar-refractivity contribution is 5.09. The van der Waals surface area contributed by atoms with Gasteiger partial charge in [-0.2, -0.15) is 0 Å². The van der Waals surface area contributed by atoms with Crippen LogP contribution in [-0.2, 0) is 0 Å². The maximum absolute atomic E-state index is 2.46. The van der Waals surface area contributed by atoms with Crippen molar-refractivity contribution in [2.75, 3.05) is 0 Å². The summed E-state index contributed by atoms with van der Waals surface area (Å²) < 4.78 is 0. The summed E-state index contributed by atoms with van der Waals surface area (Å²) in [4.78, 5) is 0. The Morgan fingerprint density at radius 3 is 2.80 bits per heavy atom. The van der Waals surface area contributed by atoms with Crippen molar-refractivity contribution in [1.82, 2.24) is 0 Å². The van der Waals surface area contributed by atoms with E-state index in [1.54, 1.807) is 5.57 Å². The van der Waals surface area contributed by atoms with E-state index in [2.05, 4.69) is 19.9 Å². The van der Waals surface area contributed by atoms with Gasteiger partial charge < -0.3 is 0 Å². The lowest BCUT2D eigenvalue weighted by atomic mass is 10.0. The maximum atomic E-state index is 2.46. The summed E-state index contributed by atoms with van der Waals surface area (Å²) in [6, 6.07) is 0. The SMILES string of the molecule is CCCC1=CCC(CC)C1. The van der Waals surface area contributed by atoms with Gasteiger partial charge in [-0.1, -0.05) is 38.3 Å². The molecule has 0 fully saturated rings. The summed E-state index contributed by atoms with van der Waals surface area (Å²) >= 11 is 0. The quantitative estimate of drug-likeness (QED) is 0.523. The van der Waals surface area contributed by atoms with Gasteiger partial charge in [0.05, 0.1) is 0 Å². The highest BCUT2D eigenvalue weighted by atomic mass is 14.2. The first kappa shape index (κ1) is 7.84. The maximum Gasteiger partial charge on any atom is -0.0289 e. The van der Waals surface area contributed by atoms with Crippen LogP contribution >= 0.6 is 0 Å². The van der Waals surface area contributed by atoms with Crippen molar-refractivity contribution in [2.24, 2.45) is 5.92 Å². The van der Waals surface area contributed by atoms with Crippen LogP contribution in [0.15, 0.2) is 11.6 Å². The van der Waals surface area contributed by atoms with E-state index < -0.39 is 0 Å². The molecule has 0 nitrogen and oxygen atoms in total. The molecule has 0 radical (unpaired) electrons. The Bertz CT molecular complexity index is 122. The molecule has 1 aliphatic rings. The average molecular weight is 138 g/mol. The molecule has 1 atom stereocenters. The normalized spacial score (nSPS) is 25.0. The first-order valence-electron chi connectivity index (χ1n) is 4.54. The molecule has 1 unspecified atom stereocenters. The lowest BCUT2D eigenvalue weighted by Gasteiger charge is -2.04. The number of hydrogen-bond donors (Lipinski definition) is 0. The zero-order valence-electron chi connectivity index (χ0n) is 7.19. The Balaban J connectivity index is 2.25. The summed E-state index contributed by atoms with van der Waals surface area (Å²) in [5, 5.41) is 0. The predicted molar refractivity (Wildman–Crippen MR) is 46.0 cm³/mol. The Kier molecular flexibility index (Phi) is 2.98. The molecule has 0 saturated heterocycles. The van der Waals surface area contributed by atoms with E-state index in [0.29, 0.717) is 0 Å². The first-order valence-corrected chi connectivity index (χ1v) is 4.54. The molecule has 0 aromatic rings. The van der Waals surface area contributed by atoms with Crippen LogP contribution in [0.5, 0.6) is 0 Å².